The first kappa shape index (κ1) is 14.9. The number of hydrogen-bond acceptors (Lipinski definition) is 4. The van der Waals surface area contributed by atoms with Crippen molar-refractivity contribution in [1.29, 1.82) is 0 Å². The van der Waals surface area contributed by atoms with Crippen molar-refractivity contribution in [2.45, 2.75) is 6.54 Å². The summed E-state index contributed by atoms with van der Waals surface area (Å²) in [6, 6.07) is 15.1. The maximum absolute atomic E-state index is 11.8. The standard InChI is InChI=1S/C16H19N3O2/c1-19(14-9-5-6-10-15(14)21-2)11-12-7-3-4-8-13(12)16(20)18-17/h3-10H,11,17H2,1-2H3,(H,18,20). The number of ether oxygens (including phenoxy) is 1. The van der Waals surface area contributed by atoms with E-state index in [4.69, 9.17) is 10.6 Å². The zero-order valence-corrected chi connectivity index (χ0v) is 12.2. The van der Waals surface area contributed by atoms with E-state index in [1.165, 1.54) is 0 Å². The maximum atomic E-state index is 11.8. The summed E-state index contributed by atoms with van der Waals surface area (Å²) in [6.45, 7) is 0.573. The third kappa shape index (κ3) is 3.32. The van der Waals surface area contributed by atoms with Gasteiger partial charge < -0.3 is 9.64 Å². The predicted octanol–water partition coefficient (Wildman–Crippen LogP) is 1.94. The second kappa shape index (κ2) is 6.76. The van der Waals surface area contributed by atoms with Gasteiger partial charge in [0.05, 0.1) is 12.8 Å². The molecule has 0 atom stereocenters. The molecule has 2 aromatic rings. The molecule has 2 aromatic carbocycles. The summed E-state index contributed by atoms with van der Waals surface area (Å²) >= 11 is 0. The van der Waals surface area contributed by atoms with Crippen molar-refractivity contribution in [1.82, 2.24) is 5.43 Å². The van der Waals surface area contributed by atoms with E-state index >= 15 is 0 Å². The fourth-order valence-corrected chi connectivity index (χ4v) is 2.24. The van der Waals surface area contributed by atoms with Crippen LogP contribution in [0.3, 0.4) is 0 Å². The molecule has 0 saturated carbocycles. The smallest absolute Gasteiger partial charge is 0.265 e. The van der Waals surface area contributed by atoms with Crippen LogP contribution in [0.15, 0.2) is 48.5 Å². The van der Waals surface area contributed by atoms with Gasteiger partial charge in [-0.1, -0.05) is 30.3 Å². The third-order valence-electron chi connectivity index (χ3n) is 3.30. The number of nitrogen functional groups attached to an aromatic ring is 1. The zero-order valence-electron chi connectivity index (χ0n) is 12.2. The van der Waals surface area contributed by atoms with Gasteiger partial charge in [-0.3, -0.25) is 10.2 Å². The van der Waals surface area contributed by atoms with E-state index in [9.17, 15) is 4.79 Å². The molecule has 0 spiro atoms. The first-order valence-electron chi connectivity index (χ1n) is 6.60. The Balaban J connectivity index is 2.28. The zero-order chi connectivity index (χ0) is 15.2. The van der Waals surface area contributed by atoms with Gasteiger partial charge in [-0.25, -0.2) is 5.84 Å². The molecule has 0 aliphatic rings. The molecule has 0 aromatic heterocycles. The Bertz CT molecular complexity index is 628. The van der Waals surface area contributed by atoms with E-state index < -0.39 is 0 Å². The minimum absolute atomic E-state index is 0.293. The van der Waals surface area contributed by atoms with Crippen molar-refractivity contribution in [2.24, 2.45) is 5.84 Å². The van der Waals surface area contributed by atoms with Crippen LogP contribution >= 0.6 is 0 Å². The number of benzene rings is 2. The van der Waals surface area contributed by atoms with Gasteiger partial charge in [0.25, 0.3) is 5.91 Å². The highest BCUT2D eigenvalue weighted by Crippen LogP contribution is 2.28. The Morgan fingerprint density at radius 3 is 2.57 bits per heavy atom. The van der Waals surface area contributed by atoms with Crippen LogP contribution in [0.4, 0.5) is 5.69 Å². The average Bonchev–Trinajstić information content (AvgIpc) is 2.54. The van der Waals surface area contributed by atoms with E-state index in [-0.39, 0.29) is 5.91 Å². The van der Waals surface area contributed by atoms with Crippen LogP contribution in [-0.2, 0) is 6.54 Å². The number of amides is 1. The topological polar surface area (TPSA) is 67.6 Å². The molecule has 5 nitrogen and oxygen atoms in total. The molecule has 0 bridgehead atoms. The predicted molar refractivity (Wildman–Crippen MR) is 83.2 cm³/mol. The van der Waals surface area contributed by atoms with Gasteiger partial charge in [0.1, 0.15) is 5.75 Å². The van der Waals surface area contributed by atoms with Crippen LogP contribution in [0.2, 0.25) is 0 Å². The summed E-state index contributed by atoms with van der Waals surface area (Å²) in [4.78, 5) is 13.8. The summed E-state index contributed by atoms with van der Waals surface area (Å²) < 4.78 is 5.36. The molecule has 0 unspecified atom stereocenters. The number of nitrogens with two attached hydrogens (primary N) is 1. The largest absolute Gasteiger partial charge is 0.495 e. The van der Waals surface area contributed by atoms with Crippen LogP contribution in [0.1, 0.15) is 15.9 Å². The van der Waals surface area contributed by atoms with Crippen LogP contribution < -0.4 is 20.9 Å². The molecule has 0 fully saturated rings. The SMILES string of the molecule is COc1ccccc1N(C)Cc1ccccc1C(=O)NN. The third-order valence-corrected chi connectivity index (χ3v) is 3.30. The number of methoxy groups -OCH3 is 1. The number of para-hydroxylation sites is 2. The van der Waals surface area contributed by atoms with Crippen molar-refractivity contribution in [3.05, 3.63) is 59.7 Å². The molecule has 2 rings (SSSR count). The first-order valence-corrected chi connectivity index (χ1v) is 6.60. The van der Waals surface area contributed by atoms with Crippen LogP contribution in [0.5, 0.6) is 5.75 Å². The van der Waals surface area contributed by atoms with Gasteiger partial charge in [0.2, 0.25) is 0 Å². The van der Waals surface area contributed by atoms with Crippen LogP contribution in [0.25, 0.3) is 0 Å². The lowest BCUT2D eigenvalue weighted by Crippen LogP contribution is -2.31. The van der Waals surface area contributed by atoms with E-state index in [0.717, 1.165) is 17.0 Å². The highest BCUT2D eigenvalue weighted by Gasteiger charge is 2.13. The van der Waals surface area contributed by atoms with Gasteiger partial charge in [-0.05, 0) is 23.8 Å². The highest BCUT2D eigenvalue weighted by molar-refractivity contribution is 5.95. The van der Waals surface area contributed by atoms with Gasteiger partial charge in [0, 0.05) is 19.2 Å². The quantitative estimate of drug-likeness (QED) is 0.500. The molecule has 3 N–H and O–H groups in total. The van der Waals surface area contributed by atoms with E-state index in [0.29, 0.717) is 12.1 Å². The van der Waals surface area contributed by atoms with Crippen molar-refractivity contribution in [3.8, 4) is 5.75 Å². The van der Waals surface area contributed by atoms with E-state index in [2.05, 4.69) is 5.43 Å². The fraction of sp³-hybridized carbons (Fsp3) is 0.188. The molecule has 0 aliphatic heterocycles. The monoisotopic (exact) mass is 285 g/mol. The molecule has 21 heavy (non-hydrogen) atoms. The Morgan fingerprint density at radius 1 is 1.19 bits per heavy atom. The molecule has 0 saturated heterocycles. The molecular weight excluding hydrogens is 266 g/mol. The molecule has 0 heterocycles. The number of carbonyl (C=O) groups is 1. The lowest BCUT2D eigenvalue weighted by Gasteiger charge is -2.22. The second-order valence-corrected chi connectivity index (χ2v) is 4.66. The van der Waals surface area contributed by atoms with E-state index in [1.54, 1.807) is 13.2 Å². The summed E-state index contributed by atoms with van der Waals surface area (Å²) in [5.41, 5.74) is 4.60. The van der Waals surface area contributed by atoms with Crippen molar-refractivity contribution in [2.75, 3.05) is 19.1 Å². The van der Waals surface area contributed by atoms with Gasteiger partial charge in [-0.2, -0.15) is 0 Å². The number of hydrazine groups is 1. The number of nitrogens with zero attached hydrogens (tertiary/aromatic N) is 1. The number of rotatable bonds is 5. The summed E-state index contributed by atoms with van der Waals surface area (Å²) in [5.74, 6) is 5.73. The lowest BCUT2D eigenvalue weighted by atomic mass is 10.1. The van der Waals surface area contributed by atoms with E-state index in [1.807, 2.05) is 54.4 Å². The molecule has 0 radical (unpaired) electrons. The molecule has 110 valence electrons. The number of nitrogens with one attached hydrogen (secondary N) is 1. The van der Waals surface area contributed by atoms with Crippen molar-refractivity contribution < 1.29 is 9.53 Å². The van der Waals surface area contributed by atoms with Crippen molar-refractivity contribution in [3.63, 3.8) is 0 Å². The minimum atomic E-state index is -0.293. The lowest BCUT2D eigenvalue weighted by molar-refractivity contribution is 0.0952. The van der Waals surface area contributed by atoms with Crippen LogP contribution in [0, 0.1) is 0 Å². The van der Waals surface area contributed by atoms with Gasteiger partial charge >= 0.3 is 0 Å². The molecule has 5 heteroatoms. The summed E-state index contributed by atoms with van der Waals surface area (Å²) in [6.07, 6.45) is 0. The van der Waals surface area contributed by atoms with Gasteiger partial charge in [-0.15, -0.1) is 0 Å². The Labute approximate surface area is 124 Å². The number of hydrogen-bond donors (Lipinski definition) is 2. The Hall–Kier alpha value is -2.53. The van der Waals surface area contributed by atoms with Crippen molar-refractivity contribution >= 4 is 11.6 Å². The minimum Gasteiger partial charge on any atom is -0.495 e. The fourth-order valence-electron chi connectivity index (χ4n) is 2.24. The Morgan fingerprint density at radius 2 is 1.86 bits per heavy atom. The average molecular weight is 285 g/mol. The normalized spacial score (nSPS) is 10.0. The maximum Gasteiger partial charge on any atom is 0.265 e. The second-order valence-electron chi connectivity index (χ2n) is 4.66. The summed E-state index contributed by atoms with van der Waals surface area (Å²) in [7, 11) is 3.59. The highest BCUT2D eigenvalue weighted by atomic mass is 16.5. The summed E-state index contributed by atoms with van der Waals surface area (Å²) in [5, 5.41) is 0. The van der Waals surface area contributed by atoms with Gasteiger partial charge in [0.15, 0.2) is 0 Å². The first-order chi connectivity index (χ1) is 10.2. The number of anilines is 1. The van der Waals surface area contributed by atoms with Crippen LogP contribution in [-0.4, -0.2) is 20.1 Å². The Kier molecular flexibility index (Phi) is 4.79. The molecular formula is C16H19N3O2. The molecule has 0 aliphatic carbocycles. The molecule has 1 amide bonds. The number of carbonyl (C=O) groups excluding carboxylic acids is 1.